The zero-order valence-corrected chi connectivity index (χ0v) is 22.8. The number of carbonyl (C=O) groups excluding carboxylic acids is 3. The zero-order valence-electron chi connectivity index (χ0n) is 22.0. The Morgan fingerprint density at radius 1 is 1.07 bits per heavy atom. The first-order chi connectivity index (χ1) is 19.3. The molecule has 1 saturated heterocycles. The Balaban J connectivity index is 1.31. The third-order valence-corrected chi connectivity index (χ3v) is 7.44. The Morgan fingerprint density at radius 3 is 2.65 bits per heavy atom. The van der Waals surface area contributed by atoms with E-state index < -0.39 is 11.9 Å². The highest BCUT2D eigenvalue weighted by molar-refractivity contribution is 6.30. The highest BCUT2D eigenvalue weighted by atomic mass is 35.5. The number of nitrogens with zero attached hydrogens (tertiary/aromatic N) is 2. The molecule has 40 heavy (non-hydrogen) atoms. The van der Waals surface area contributed by atoms with Gasteiger partial charge in [0.15, 0.2) is 5.78 Å². The first-order valence-corrected chi connectivity index (χ1v) is 13.5. The quantitative estimate of drug-likeness (QED) is 0.273. The van der Waals surface area contributed by atoms with Gasteiger partial charge in [-0.05, 0) is 43.5 Å². The number of likely N-dealkylation sites (tertiary alicyclic amines) is 1. The Labute approximate surface area is 236 Å². The van der Waals surface area contributed by atoms with Crippen LogP contribution in [0.1, 0.15) is 41.3 Å². The number of carbonyl (C=O) groups is 3. The van der Waals surface area contributed by atoms with Gasteiger partial charge in [-0.3, -0.25) is 14.4 Å². The number of amides is 2. The molecule has 0 spiro atoms. The van der Waals surface area contributed by atoms with Gasteiger partial charge in [-0.2, -0.15) is 0 Å². The predicted molar refractivity (Wildman–Crippen MR) is 151 cm³/mol. The van der Waals surface area contributed by atoms with Crippen LogP contribution in [0.25, 0.3) is 10.9 Å². The van der Waals surface area contributed by atoms with E-state index in [1.54, 1.807) is 27.8 Å². The summed E-state index contributed by atoms with van der Waals surface area (Å²) < 4.78 is 22.0. The third-order valence-electron chi connectivity index (χ3n) is 7.15. The number of ether oxygens (including phenoxy) is 1. The summed E-state index contributed by atoms with van der Waals surface area (Å²) in [7, 11) is 0. The maximum absolute atomic E-state index is 14.2. The Morgan fingerprint density at radius 2 is 1.88 bits per heavy atom. The van der Waals surface area contributed by atoms with Crippen LogP contribution in [-0.4, -0.2) is 39.7 Å². The van der Waals surface area contributed by atoms with Gasteiger partial charge in [0.25, 0.3) is 0 Å². The molecule has 9 heteroatoms. The van der Waals surface area contributed by atoms with Gasteiger partial charge >= 0.3 is 0 Å². The lowest BCUT2D eigenvalue weighted by Crippen LogP contribution is -2.46. The van der Waals surface area contributed by atoms with Crippen LogP contribution >= 0.6 is 11.6 Å². The van der Waals surface area contributed by atoms with Gasteiger partial charge in [-0.1, -0.05) is 54.1 Å². The summed E-state index contributed by atoms with van der Waals surface area (Å²) in [5.41, 5.74) is 2.50. The molecule has 3 aromatic carbocycles. The molecule has 5 rings (SSSR count). The second-order valence-electron chi connectivity index (χ2n) is 9.86. The van der Waals surface area contributed by atoms with Gasteiger partial charge in [0.1, 0.15) is 30.8 Å². The van der Waals surface area contributed by atoms with Crippen LogP contribution in [0.4, 0.5) is 4.39 Å². The van der Waals surface area contributed by atoms with Crippen molar-refractivity contribution in [1.29, 1.82) is 0 Å². The molecule has 1 aliphatic rings. The fraction of sp³-hybridized carbons (Fsp3) is 0.258. The summed E-state index contributed by atoms with van der Waals surface area (Å²) in [4.78, 5) is 40.4. The van der Waals surface area contributed by atoms with Crippen LogP contribution in [0.5, 0.6) is 5.75 Å². The molecule has 1 aromatic heterocycles. The van der Waals surface area contributed by atoms with Crippen molar-refractivity contribution in [2.75, 3.05) is 6.54 Å². The largest absolute Gasteiger partial charge is 0.489 e. The van der Waals surface area contributed by atoms with Gasteiger partial charge in [0, 0.05) is 41.9 Å². The van der Waals surface area contributed by atoms with E-state index in [4.69, 9.17) is 16.3 Å². The minimum Gasteiger partial charge on any atom is -0.489 e. The van der Waals surface area contributed by atoms with E-state index >= 15 is 0 Å². The SMILES string of the molecule is CC(=O)c1cn(CC(=O)N2CCC[C@H]2C(=O)NCc2cccc(Cl)c2F)c2cc(OCc3ccccc3)ccc12. The van der Waals surface area contributed by atoms with Crippen molar-refractivity contribution in [2.45, 2.75) is 45.5 Å². The smallest absolute Gasteiger partial charge is 0.243 e. The highest BCUT2D eigenvalue weighted by Crippen LogP contribution is 2.28. The molecule has 0 radical (unpaired) electrons. The van der Waals surface area contributed by atoms with Gasteiger partial charge < -0.3 is 19.5 Å². The monoisotopic (exact) mass is 561 g/mol. The van der Waals surface area contributed by atoms with Crippen molar-refractivity contribution in [3.05, 3.63) is 100 Å². The number of aromatic nitrogens is 1. The molecule has 0 unspecified atom stereocenters. The second-order valence-corrected chi connectivity index (χ2v) is 10.3. The lowest BCUT2D eigenvalue weighted by molar-refractivity contribution is -0.138. The maximum atomic E-state index is 14.2. The topological polar surface area (TPSA) is 80.6 Å². The number of Topliss-reactive ketones (excluding diaryl/α,β-unsaturated/α-hetero) is 1. The first-order valence-electron chi connectivity index (χ1n) is 13.1. The summed E-state index contributed by atoms with van der Waals surface area (Å²) in [6, 6.07) is 19.2. The van der Waals surface area contributed by atoms with Gasteiger partial charge in [-0.25, -0.2) is 4.39 Å². The summed E-state index contributed by atoms with van der Waals surface area (Å²) in [6.07, 6.45) is 2.87. The molecule has 1 fully saturated rings. The molecule has 1 atom stereocenters. The van der Waals surface area contributed by atoms with Crippen LogP contribution in [-0.2, 0) is 29.3 Å². The molecule has 2 amide bonds. The van der Waals surface area contributed by atoms with Crippen LogP contribution in [0.2, 0.25) is 5.02 Å². The normalized spacial score (nSPS) is 14.9. The number of benzene rings is 3. The fourth-order valence-corrected chi connectivity index (χ4v) is 5.27. The Kier molecular flexibility index (Phi) is 8.16. The van der Waals surface area contributed by atoms with Crippen molar-refractivity contribution in [3.63, 3.8) is 0 Å². The number of rotatable bonds is 9. The lowest BCUT2D eigenvalue weighted by atomic mass is 10.1. The molecule has 1 aliphatic heterocycles. The molecule has 7 nitrogen and oxygen atoms in total. The molecule has 2 heterocycles. The maximum Gasteiger partial charge on any atom is 0.243 e. The van der Waals surface area contributed by atoms with Crippen LogP contribution in [0, 0.1) is 5.82 Å². The van der Waals surface area contributed by atoms with Gasteiger partial charge in [-0.15, -0.1) is 0 Å². The summed E-state index contributed by atoms with van der Waals surface area (Å²) in [5, 5.41) is 3.46. The van der Waals surface area contributed by atoms with Gasteiger partial charge in [0.05, 0.1) is 10.5 Å². The minimum atomic E-state index is -0.659. The minimum absolute atomic E-state index is 0.0121. The number of halogens is 2. The lowest BCUT2D eigenvalue weighted by Gasteiger charge is -2.24. The van der Waals surface area contributed by atoms with E-state index in [0.717, 1.165) is 10.9 Å². The zero-order chi connectivity index (χ0) is 28.2. The van der Waals surface area contributed by atoms with Crippen LogP contribution in [0.3, 0.4) is 0 Å². The number of hydrogen-bond acceptors (Lipinski definition) is 4. The number of nitrogens with one attached hydrogen (secondary N) is 1. The number of fused-ring (bicyclic) bond motifs is 1. The number of ketones is 1. The molecule has 4 aromatic rings. The Hall–Kier alpha value is -4.17. The fourth-order valence-electron chi connectivity index (χ4n) is 5.07. The van der Waals surface area contributed by atoms with E-state index in [1.807, 2.05) is 48.5 Å². The molecule has 0 saturated carbocycles. The summed E-state index contributed by atoms with van der Waals surface area (Å²) in [5.74, 6) is -0.653. The average molecular weight is 562 g/mol. The molecule has 1 N–H and O–H groups in total. The van der Waals surface area contributed by atoms with E-state index in [9.17, 15) is 18.8 Å². The van der Waals surface area contributed by atoms with E-state index in [0.29, 0.717) is 42.8 Å². The van der Waals surface area contributed by atoms with Crippen molar-refractivity contribution < 1.29 is 23.5 Å². The third kappa shape index (κ3) is 5.87. The predicted octanol–water partition coefficient (Wildman–Crippen LogP) is 5.52. The van der Waals surface area contributed by atoms with Crippen molar-refractivity contribution in [3.8, 4) is 5.75 Å². The number of hydrogen-bond donors (Lipinski definition) is 1. The summed E-state index contributed by atoms with van der Waals surface area (Å²) in [6.45, 7) is 2.24. The van der Waals surface area contributed by atoms with Crippen molar-refractivity contribution in [2.24, 2.45) is 0 Å². The van der Waals surface area contributed by atoms with Crippen molar-refractivity contribution in [1.82, 2.24) is 14.8 Å². The van der Waals surface area contributed by atoms with Crippen LogP contribution in [0.15, 0.2) is 72.9 Å². The van der Waals surface area contributed by atoms with E-state index in [1.165, 1.54) is 13.0 Å². The van der Waals surface area contributed by atoms with Crippen LogP contribution < -0.4 is 10.1 Å². The van der Waals surface area contributed by atoms with E-state index in [2.05, 4.69) is 5.32 Å². The standard InChI is InChI=1S/C31H29ClFN3O4/c1-20(37)25-17-35(28-15-23(12-13-24(25)28)40-19-21-7-3-2-4-8-21)18-29(38)36-14-6-11-27(36)31(39)34-16-22-9-5-10-26(32)30(22)33/h2-5,7-10,12-13,15,17,27H,6,11,14,16,18-19H2,1H3,(H,34,39)/t27-/m0/s1. The van der Waals surface area contributed by atoms with E-state index in [-0.39, 0.29) is 41.3 Å². The molecular weight excluding hydrogens is 533 g/mol. The Bertz CT molecular complexity index is 1570. The highest BCUT2D eigenvalue weighted by Gasteiger charge is 2.34. The van der Waals surface area contributed by atoms with Crippen molar-refractivity contribution >= 4 is 40.1 Å². The first kappa shape index (κ1) is 27.4. The molecule has 0 bridgehead atoms. The second kappa shape index (κ2) is 11.9. The molecular formula is C31H29ClFN3O4. The molecule has 206 valence electrons. The average Bonchev–Trinajstić information content (AvgIpc) is 3.59. The summed E-state index contributed by atoms with van der Waals surface area (Å²) >= 11 is 5.84. The molecule has 0 aliphatic carbocycles. The van der Waals surface area contributed by atoms with Gasteiger partial charge in [0.2, 0.25) is 11.8 Å².